The lowest BCUT2D eigenvalue weighted by atomic mass is 10.2. The minimum Gasteiger partial charge on any atom is -0.368 e. The van der Waals surface area contributed by atoms with E-state index in [4.69, 9.17) is 5.73 Å². The van der Waals surface area contributed by atoms with E-state index in [2.05, 4.69) is 5.32 Å². The first-order valence-electron chi connectivity index (χ1n) is 5.82. The van der Waals surface area contributed by atoms with Crippen molar-refractivity contribution in [2.75, 3.05) is 26.7 Å². The molecule has 2 amide bonds. The molecule has 0 radical (unpaired) electrons. The predicted molar refractivity (Wildman–Crippen MR) is 63.8 cm³/mol. The highest BCUT2D eigenvalue weighted by Crippen LogP contribution is 2.00. The van der Waals surface area contributed by atoms with E-state index in [1.54, 1.807) is 4.90 Å². The molecular formula is C11H23N3O2. The van der Waals surface area contributed by atoms with Gasteiger partial charge in [0.05, 0.1) is 6.54 Å². The number of unbranched alkanes of at least 4 members (excludes halogenated alkanes) is 1. The summed E-state index contributed by atoms with van der Waals surface area (Å²) in [6.07, 6.45) is 3.17. The van der Waals surface area contributed by atoms with Crippen LogP contribution in [0.4, 0.5) is 0 Å². The Kier molecular flexibility index (Phi) is 8.52. The molecule has 0 aliphatic heterocycles. The van der Waals surface area contributed by atoms with E-state index in [0.717, 1.165) is 25.8 Å². The minimum absolute atomic E-state index is 0.0162. The number of hydrogen-bond acceptors (Lipinski definition) is 3. The van der Waals surface area contributed by atoms with E-state index < -0.39 is 5.91 Å². The molecule has 5 heteroatoms. The first-order valence-corrected chi connectivity index (χ1v) is 5.82. The Morgan fingerprint density at radius 3 is 2.50 bits per heavy atom. The Bertz CT molecular complexity index is 219. The van der Waals surface area contributed by atoms with Crippen LogP contribution in [0.3, 0.4) is 0 Å². The highest BCUT2D eigenvalue weighted by atomic mass is 16.2. The van der Waals surface area contributed by atoms with E-state index in [-0.39, 0.29) is 12.5 Å². The zero-order valence-corrected chi connectivity index (χ0v) is 10.3. The summed E-state index contributed by atoms with van der Waals surface area (Å²) < 4.78 is 0. The molecular weight excluding hydrogens is 206 g/mol. The fourth-order valence-corrected chi connectivity index (χ4v) is 1.40. The van der Waals surface area contributed by atoms with Crippen molar-refractivity contribution in [1.29, 1.82) is 0 Å². The van der Waals surface area contributed by atoms with Crippen LogP contribution in [0.25, 0.3) is 0 Å². The number of nitrogens with one attached hydrogen (secondary N) is 1. The topological polar surface area (TPSA) is 75.4 Å². The highest BCUT2D eigenvalue weighted by molar-refractivity contribution is 5.83. The number of primary amides is 1. The van der Waals surface area contributed by atoms with Crippen LogP contribution < -0.4 is 11.1 Å². The van der Waals surface area contributed by atoms with E-state index in [9.17, 15) is 9.59 Å². The van der Waals surface area contributed by atoms with Gasteiger partial charge in [-0.3, -0.25) is 9.59 Å². The third-order valence-electron chi connectivity index (χ3n) is 2.30. The monoisotopic (exact) mass is 229 g/mol. The van der Waals surface area contributed by atoms with Crippen LogP contribution >= 0.6 is 0 Å². The molecule has 0 heterocycles. The van der Waals surface area contributed by atoms with Crippen LogP contribution in [0.15, 0.2) is 0 Å². The highest BCUT2D eigenvalue weighted by Gasteiger charge is 2.14. The Hall–Kier alpha value is -1.10. The van der Waals surface area contributed by atoms with Gasteiger partial charge in [-0.25, -0.2) is 0 Å². The zero-order valence-electron chi connectivity index (χ0n) is 10.3. The Morgan fingerprint density at radius 1 is 1.31 bits per heavy atom. The van der Waals surface area contributed by atoms with Crippen molar-refractivity contribution in [3.8, 4) is 0 Å². The Labute approximate surface area is 97.4 Å². The van der Waals surface area contributed by atoms with Crippen LogP contribution in [-0.2, 0) is 9.59 Å². The molecule has 94 valence electrons. The van der Waals surface area contributed by atoms with Crippen LogP contribution in [-0.4, -0.2) is 43.4 Å². The lowest BCUT2D eigenvalue weighted by Crippen LogP contribution is -2.39. The molecule has 0 saturated heterocycles. The normalized spacial score (nSPS) is 10.1. The summed E-state index contributed by atoms with van der Waals surface area (Å²) in [5.41, 5.74) is 5.11. The molecule has 0 aliphatic carbocycles. The first-order chi connectivity index (χ1) is 7.61. The molecule has 0 atom stereocenters. The molecule has 3 N–H and O–H groups in total. The van der Waals surface area contributed by atoms with E-state index in [1.807, 2.05) is 14.0 Å². The standard InChI is InChI=1S/C11H23N3O2/c1-3-4-8-14(9-10(12)15)11(16)6-5-7-13-2/h13H,3-9H2,1-2H3,(H2,12,15). The number of hydrogen-bond donors (Lipinski definition) is 2. The molecule has 0 saturated carbocycles. The Morgan fingerprint density at radius 2 is 2.00 bits per heavy atom. The van der Waals surface area contributed by atoms with Gasteiger partial charge in [-0.15, -0.1) is 0 Å². The third kappa shape index (κ3) is 7.23. The second kappa shape index (κ2) is 9.15. The van der Waals surface area contributed by atoms with Gasteiger partial charge in [0, 0.05) is 13.0 Å². The molecule has 0 rings (SSSR count). The van der Waals surface area contributed by atoms with Gasteiger partial charge in [0.2, 0.25) is 11.8 Å². The van der Waals surface area contributed by atoms with Gasteiger partial charge in [-0.05, 0) is 26.4 Å². The number of nitrogens with zero attached hydrogens (tertiary/aromatic N) is 1. The van der Waals surface area contributed by atoms with Crippen molar-refractivity contribution in [3.63, 3.8) is 0 Å². The van der Waals surface area contributed by atoms with Crippen molar-refractivity contribution < 1.29 is 9.59 Å². The second-order valence-corrected chi connectivity index (χ2v) is 3.84. The SMILES string of the molecule is CCCCN(CC(N)=O)C(=O)CCCNC. The van der Waals surface area contributed by atoms with Gasteiger partial charge in [-0.2, -0.15) is 0 Å². The summed E-state index contributed by atoms with van der Waals surface area (Å²) in [7, 11) is 1.85. The molecule has 16 heavy (non-hydrogen) atoms. The van der Waals surface area contributed by atoms with Crippen molar-refractivity contribution in [1.82, 2.24) is 10.2 Å². The molecule has 5 nitrogen and oxygen atoms in total. The fourth-order valence-electron chi connectivity index (χ4n) is 1.40. The van der Waals surface area contributed by atoms with Gasteiger partial charge in [0.15, 0.2) is 0 Å². The number of amides is 2. The number of carbonyl (C=O) groups is 2. The molecule has 0 spiro atoms. The van der Waals surface area contributed by atoms with E-state index in [0.29, 0.717) is 13.0 Å². The summed E-state index contributed by atoms with van der Waals surface area (Å²) in [5, 5.41) is 2.98. The summed E-state index contributed by atoms with van der Waals surface area (Å²) in [6.45, 7) is 3.52. The van der Waals surface area contributed by atoms with Crippen LogP contribution in [0.2, 0.25) is 0 Å². The van der Waals surface area contributed by atoms with E-state index >= 15 is 0 Å². The van der Waals surface area contributed by atoms with Crippen LogP contribution in [0.5, 0.6) is 0 Å². The van der Waals surface area contributed by atoms with Crippen molar-refractivity contribution in [2.45, 2.75) is 32.6 Å². The summed E-state index contributed by atoms with van der Waals surface area (Å²) >= 11 is 0. The molecule has 0 aliphatic rings. The lowest BCUT2D eigenvalue weighted by Gasteiger charge is -2.20. The lowest BCUT2D eigenvalue weighted by molar-refractivity contribution is -0.135. The van der Waals surface area contributed by atoms with Gasteiger partial charge in [0.25, 0.3) is 0 Å². The first kappa shape index (κ1) is 14.9. The molecule has 0 aromatic rings. The smallest absolute Gasteiger partial charge is 0.237 e. The van der Waals surface area contributed by atoms with Crippen molar-refractivity contribution >= 4 is 11.8 Å². The van der Waals surface area contributed by atoms with Gasteiger partial charge >= 0.3 is 0 Å². The van der Waals surface area contributed by atoms with Crippen molar-refractivity contribution in [2.24, 2.45) is 5.73 Å². The second-order valence-electron chi connectivity index (χ2n) is 3.84. The maximum Gasteiger partial charge on any atom is 0.237 e. The maximum atomic E-state index is 11.7. The fraction of sp³-hybridized carbons (Fsp3) is 0.818. The van der Waals surface area contributed by atoms with Crippen LogP contribution in [0, 0.1) is 0 Å². The van der Waals surface area contributed by atoms with E-state index in [1.165, 1.54) is 0 Å². The molecule has 0 aromatic heterocycles. The summed E-state index contributed by atoms with van der Waals surface area (Å²) in [5.74, 6) is -0.430. The predicted octanol–water partition coefficient (Wildman–Crippen LogP) is 0.100. The van der Waals surface area contributed by atoms with Crippen molar-refractivity contribution in [3.05, 3.63) is 0 Å². The largest absolute Gasteiger partial charge is 0.368 e. The summed E-state index contributed by atoms with van der Waals surface area (Å²) in [4.78, 5) is 24.1. The quantitative estimate of drug-likeness (QED) is 0.551. The number of rotatable bonds is 9. The number of carbonyl (C=O) groups excluding carboxylic acids is 2. The molecule has 0 bridgehead atoms. The minimum atomic E-state index is -0.446. The number of nitrogens with two attached hydrogens (primary N) is 1. The van der Waals surface area contributed by atoms with Crippen LogP contribution in [0.1, 0.15) is 32.6 Å². The average Bonchev–Trinajstić information content (AvgIpc) is 2.23. The summed E-state index contributed by atoms with van der Waals surface area (Å²) in [6, 6.07) is 0. The van der Waals surface area contributed by atoms with Gasteiger partial charge in [-0.1, -0.05) is 13.3 Å². The average molecular weight is 229 g/mol. The maximum absolute atomic E-state index is 11.7. The molecule has 0 unspecified atom stereocenters. The molecule has 0 aromatic carbocycles. The zero-order chi connectivity index (χ0) is 12.4. The Balaban J connectivity index is 4.04. The van der Waals surface area contributed by atoms with Gasteiger partial charge in [0.1, 0.15) is 0 Å². The van der Waals surface area contributed by atoms with Gasteiger partial charge < -0.3 is 16.0 Å². The third-order valence-corrected chi connectivity index (χ3v) is 2.30. The molecule has 0 fully saturated rings.